The molecule has 1 aromatic heterocycles. The third kappa shape index (κ3) is 5.48. The first kappa shape index (κ1) is 22.3. The molecular weight excluding hydrogens is 434 g/mol. The average Bonchev–Trinajstić information content (AvgIpc) is 3.26. The van der Waals surface area contributed by atoms with Gasteiger partial charge in [-0.1, -0.05) is 60.2 Å². The van der Waals surface area contributed by atoms with Crippen molar-refractivity contribution in [2.45, 2.75) is 19.0 Å². The number of hydrogen-bond acceptors (Lipinski definition) is 5. The molecule has 0 fully saturated rings. The van der Waals surface area contributed by atoms with Gasteiger partial charge < -0.3 is 5.11 Å². The summed E-state index contributed by atoms with van der Waals surface area (Å²) >= 11 is 1.32. The van der Waals surface area contributed by atoms with Crippen molar-refractivity contribution < 1.29 is 14.5 Å². The Balaban J connectivity index is 1.51. The second-order valence-corrected chi connectivity index (χ2v) is 8.38. The Morgan fingerprint density at radius 3 is 2.45 bits per heavy atom. The monoisotopic (exact) mass is 457 g/mol. The summed E-state index contributed by atoms with van der Waals surface area (Å²) in [6, 6.07) is 24.4. The maximum atomic E-state index is 12.4. The molecule has 0 aliphatic rings. The number of para-hydroxylation sites is 1. The zero-order valence-electron chi connectivity index (χ0n) is 18.3. The molecule has 0 aliphatic heterocycles. The molecule has 0 atom stereocenters. The predicted octanol–water partition coefficient (Wildman–Crippen LogP) is 3.37. The van der Waals surface area contributed by atoms with Crippen LogP contribution in [0, 0.1) is 6.92 Å². The van der Waals surface area contributed by atoms with Crippen LogP contribution in [-0.4, -0.2) is 27.6 Å². The number of H-pyrrole nitrogens is 1. The van der Waals surface area contributed by atoms with Crippen molar-refractivity contribution in [1.29, 1.82) is 0 Å². The average molecular weight is 458 g/mol. The van der Waals surface area contributed by atoms with Crippen molar-refractivity contribution in [2.24, 2.45) is 5.10 Å². The Hall–Kier alpha value is -3.91. The van der Waals surface area contributed by atoms with Gasteiger partial charge in [0.05, 0.1) is 22.1 Å². The zero-order valence-corrected chi connectivity index (χ0v) is 19.1. The van der Waals surface area contributed by atoms with Crippen LogP contribution in [0.15, 0.2) is 89.1 Å². The molecule has 0 saturated carbocycles. The van der Waals surface area contributed by atoms with Crippen LogP contribution in [0.1, 0.15) is 18.1 Å². The van der Waals surface area contributed by atoms with Crippen molar-refractivity contribution in [2.75, 3.05) is 5.75 Å². The van der Waals surface area contributed by atoms with Crippen molar-refractivity contribution in [3.8, 4) is 22.8 Å². The number of thioether (sulfide) groups is 1. The normalized spacial score (nSPS) is 11.4. The molecule has 1 heterocycles. The van der Waals surface area contributed by atoms with Crippen LogP contribution in [0.4, 0.5) is 0 Å². The Morgan fingerprint density at radius 1 is 1.06 bits per heavy atom. The van der Waals surface area contributed by atoms with E-state index in [0.29, 0.717) is 10.9 Å². The van der Waals surface area contributed by atoms with Gasteiger partial charge in [0, 0.05) is 0 Å². The number of hydrazone groups is 1. The van der Waals surface area contributed by atoms with Crippen molar-refractivity contribution in [1.82, 2.24) is 15.6 Å². The van der Waals surface area contributed by atoms with Crippen LogP contribution in [0.2, 0.25) is 0 Å². The highest BCUT2D eigenvalue weighted by molar-refractivity contribution is 7.99. The largest absolute Gasteiger partial charge is 0.872 e. The molecule has 4 rings (SSSR count). The first-order chi connectivity index (χ1) is 16.0. The standard InChI is InChI=1S/C25H23N5O2S/c1-17-8-10-20(11-9-17)24-28-29-25(30(24)21-6-4-3-5-7-21)33-16-23(32)27-26-18(2)19-12-14-22(31)15-13-19/h3-15H,16H2,1-2H3,(H2,26,27,31,32). The van der Waals surface area contributed by atoms with E-state index < -0.39 is 0 Å². The van der Waals surface area contributed by atoms with Gasteiger partial charge in [-0.15, -0.1) is 10.8 Å². The molecule has 33 heavy (non-hydrogen) atoms. The van der Waals surface area contributed by atoms with Crippen LogP contribution in [0.25, 0.3) is 17.1 Å². The van der Waals surface area contributed by atoms with Crippen LogP contribution < -0.4 is 15.1 Å². The van der Waals surface area contributed by atoms with Crippen LogP contribution >= 0.6 is 11.8 Å². The Bertz CT molecular complexity index is 1270. The van der Waals surface area contributed by atoms with E-state index in [2.05, 4.69) is 32.9 Å². The molecule has 0 aliphatic carbocycles. The van der Waals surface area contributed by atoms with Crippen molar-refractivity contribution in [3.05, 3.63) is 90.0 Å². The summed E-state index contributed by atoms with van der Waals surface area (Å²) in [4.78, 5) is 12.4. The maximum Gasteiger partial charge on any atom is 0.342 e. The SMILES string of the molecule is C/C(=N\NC(=O)CSc1n[nH]c(-c2ccc(C)cc2)[n+]1-c1ccccc1)c1ccc([O-])cc1. The van der Waals surface area contributed by atoms with Crippen LogP contribution in [0.3, 0.4) is 0 Å². The summed E-state index contributed by atoms with van der Waals surface area (Å²) in [6.45, 7) is 3.82. The third-order valence-electron chi connectivity index (χ3n) is 4.96. The number of benzene rings is 3. The van der Waals surface area contributed by atoms with Crippen LogP contribution in [0.5, 0.6) is 5.75 Å². The minimum absolute atomic E-state index is 0.0669. The fourth-order valence-electron chi connectivity index (χ4n) is 3.18. The number of aromatic amines is 1. The van der Waals surface area contributed by atoms with E-state index in [9.17, 15) is 9.90 Å². The van der Waals surface area contributed by atoms with E-state index in [1.807, 2.05) is 54.0 Å². The smallest absolute Gasteiger partial charge is 0.342 e. The predicted molar refractivity (Wildman–Crippen MR) is 127 cm³/mol. The van der Waals surface area contributed by atoms with E-state index in [-0.39, 0.29) is 17.4 Å². The number of nitrogens with one attached hydrogen (secondary N) is 2. The molecule has 0 spiro atoms. The number of aryl methyl sites for hydroxylation is 1. The highest BCUT2D eigenvalue weighted by atomic mass is 32.2. The number of amides is 1. The second-order valence-electron chi connectivity index (χ2n) is 7.44. The van der Waals surface area contributed by atoms with Crippen molar-refractivity contribution >= 4 is 23.4 Å². The van der Waals surface area contributed by atoms with E-state index >= 15 is 0 Å². The zero-order chi connectivity index (χ0) is 23.2. The van der Waals surface area contributed by atoms with E-state index in [1.165, 1.54) is 29.5 Å². The summed E-state index contributed by atoms with van der Waals surface area (Å²) < 4.78 is 2.00. The molecule has 7 nitrogen and oxygen atoms in total. The number of carbonyl (C=O) groups is 1. The first-order valence-corrected chi connectivity index (χ1v) is 11.4. The van der Waals surface area contributed by atoms with Crippen LogP contribution in [-0.2, 0) is 4.79 Å². The minimum atomic E-state index is -0.251. The molecule has 0 saturated heterocycles. The Morgan fingerprint density at radius 2 is 1.76 bits per heavy atom. The second kappa shape index (κ2) is 10.1. The van der Waals surface area contributed by atoms with E-state index in [0.717, 1.165) is 22.6 Å². The van der Waals surface area contributed by atoms with Gasteiger partial charge in [0.2, 0.25) is 0 Å². The van der Waals surface area contributed by atoms with Gasteiger partial charge in [0.15, 0.2) is 0 Å². The molecule has 0 bridgehead atoms. The third-order valence-corrected chi connectivity index (χ3v) is 5.90. The lowest BCUT2D eigenvalue weighted by molar-refractivity contribution is -0.625. The van der Waals surface area contributed by atoms with Gasteiger partial charge in [-0.2, -0.15) is 9.67 Å². The first-order valence-electron chi connectivity index (χ1n) is 10.4. The number of hydrogen-bond donors (Lipinski definition) is 2. The Labute approximate surface area is 196 Å². The molecule has 3 aromatic carbocycles. The lowest BCUT2D eigenvalue weighted by Gasteiger charge is -2.06. The quantitative estimate of drug-likeness (QED) is 0.192. The minimum Gasteiger partial charge on any atom is -0.872 e. The molecule has 0 unspecified atom stereocenters. The highest BCUT2D eigenvalue weighted by Gasteiger charge is 2.24. The summed E-state index contributed by atoms with van der Waals surface area (Å²) in [5.74, 6) is 0.656. The van der Waals surface area contributed by atoms with E-state index in [4.69, 9.17) is 0 Å². The van der Waals surface area contributed by atoms with E-state index in [1.54, 1.807) is 19.1 Å². The number of rotatable bonds is 7. The molecule has 1 amide bonds. The molecule has 4 aromatic rings. The topological polar surface area (TPSA) is 97.1 Å². The van der Waals surface area contributed by atoms with Gasteiger partial charge >= 0.3 is 5.16 Å². The number of aromatic nitrogens is 3. The molecule has 8 heteroatoms. The number of carbonyl (C=O) groups excluding carboxylic acids is 1. The van der Waals surface area contributed by atoms with Gasteiger partial charge in [-0.05, 0) is 55.4 Å². The lowest BCUT2D eigenvalue weighted by Crippen LogP contribution is -2.34. The Kier molecular flexibility index (Phi) is 6.85. The molecule has 0 radical (unpaired) electrons. The fraction of sp³-hybridized carbons (Fsp3) is 0.120. The lowest BCUT2D eigenvalue weighted by atomic mass is 10.1. The highest BCUT2D eigenvalue weighted by Crippen LogP contribution is 2.20. The number of nitrogens with zero attached hydrogens (tertiary/aromatic N) is 3. The fourth-order valence-corrected chi connectivity index (χ4v) is 3.94. The summed E-state index contributed by atoms with van der Waals surface area (Å²) in [6.07, 6.45) is 0. The summed E-state index contributed by atoms with van der Waals surface area (Å²) in [5.41, 5.74) is 7.09. The summed E-state index contributed by atoms with van der Waals surface area (Å²) in [7, 11) is 0. The maximum absolute atomic E-state index is 12.4. The van der Waals surface area contributed by atoms with Gasteiger partial charge in [-0.3, -0.25) is 4.79 Å². The molecule has 2 N–H and O–H groups in total. The van der Waals surface area contributed by atoms with Gasteiger partial charge in [0.1, 0.15) is 5.69 Å². The van der Waals surface area contributed by atoms with Crippen molar-refractivity contribution in [3.63, 3.8) is 0 Å². The molecular formula is C25H23N5O2S. The van der Waals surface area contributed by atoms with Gasteiger partial charge in [-0.25, -0.2) is 5.43 Å². The molecule has 166 valence electrons. The summed E-state index contributed by atoms with van der Waals surface area (Å²) in [5, 5.41) is 23.6. The van der Waals surface area contributed by atoms with Gasteiger partial charge in [0.25, 0.3) is 11.7 Å².